The van der Waals surface area contributed by atoms with E-state index < -0.39 is 0 Å². The summed E-state index contributed by atoms with van der Waals surface area (Å²) in [5, 5.41) is 4.08. The maximum Gasteiger partial charge on any atom is 0.227 e. The van der Waals surface area contributed by atoms with E-state index in [0.717, 1.165) is 25.7 Å². The molecule has 1 atom stereocenters. The lowest BCUT2D eigenvalue weighted by Crippen LogP contribution is -2.44. The van der Waals surface area contributed by atoms with E-state index in [1.54, 1.807) is 0 Å². The van der Waals surface area contributed by atoms with Crippen LogP contribution in [0.2, 0.25) is 0 Å². The van der Waals surface area contributed by atoms with Crippen LogP contribution in [0.5, 0.6) is 0 Å². The summed E-state index contributed by atoms with van der Waals surface area (Å²) in [7, 11) is 0. The standard InChI is InChI=1S/C18H25N3O.ClH/c1-12(2)14-5-7-15(8-6-14)13(3)11-16-20-17(21-22-16)18(19)9-4-10-18;/h5-8,12-13H,4,9-11,19H2,1-3H3;1H. The summed E-state index contributed by atoms with van der Waals surface area (Å²) in [6.45, 7) is 6.61. The van der Waals surface area contributed by atoms with Crippen molar-refractivity contribution in [2.24, 2.45) is 5.73 Å². The highest BCUT2D eigenvalue weighted by Crippen LogP contribution is 2.37. The van der Waals surface area contributed by atoms with Crippen LogP contribution in [-0.2, 0) is 12.0 Å². The van der Waals surface area contributed by atoms with Gasteiger partial charge in [-0.15, -0.1) is 12.4 Å². The van der Waals surface area contributed by atoms with E-state index >= 15 is 0 Å². The van der Waals surface area contributed by atoms with Gasteiger partial charge in [0.1, 0.15) is 0 Å². The minimum Gasteiger partial charge on any atom is -0.339 e. The van der Waals surface area contributed by atoms with Crippen LogP contribution in [0.1, 0.15) is 74.7 Å². The maximum atomic E-state index is 6.24. The Hall–Kier alpha value is -1.39. The first-order valence-corrected chi connectivity index (χ1v) is 8.20. The van der Waals surface area contributed by atoms with Crippen molar-refractivity contribution in [3.8, 4) is 0 Å². The van der Waals surface area contributed by atoms with Gasteiger partial charge in [-0.2, -0.15) is 4.98 Å². The fourth-order valence-electron chi connectivity index (χ4n) is 2.91. The van der Waals surface area contributed by atoms with Crippen molar-refractivity contribution in [2.75, 3.05) is 0 Å². The SMILES string of the molecule is CC(C)c1ccc(C(C)Cc2nc(C3(N)CCC3)no2)cc1.Cl. The Morgan fingerprint density at radius 1 is 1.13 bits per heavy atom. The van der Waals surface area contributed by atoms with E-state index in [2.05, 4.69) is 55.2 Å². The number of rotatable bonds is 5. The fourth-order valence-corrected chi connectivity index (χ4v) is 2.91. The average Bonchev–Trinajstić information content (AvgIpc) is 2.93. The summed E-state index contributed by atoms with van der Waals surface area (Å²) in [4.78, 5) is 4.51. The average molecular weight is 336 g/mol. The van der Waals surface area contributed by atoms with E-state index in [0.29, 0.717) is 23.6 Å². The molecule has 1 aromatic carbocycles. The van der Waals surface area contributed by atoms with Crippen LogP contribution in [0.4, 0.5) is 0 Å². The zero-order valence-electron chi connectivity index (χ0n) is 14.1. The highest BCUT2D eigenvalue weighted by molar-refractivity contribution is 5.85. The minimum atomic E-state index is -0.343. The first kappa shape index (κ1) is 18.0. The lowest BCUT2D eigenvalue weighted by atomic mass is 9.77. The van der Waals surface area contributed by atoms with Crippen molar-refractivity contribution in [3.63, 3.8) is 0 Å². The summed E-state index contributed by atoms with van der Waals surface area (Å²) in [6.07, 6.45) is 3.82. The molecule has 4 nitrogen and oxygen atoms in total. The Kier molecular flexibility index (Phi) is 5.48. The monoisotopic (exact) mass is 335 g/mol. The van der Waals surface area contributed by atoms with E-state index in [4.69, 9.17) is 10.3 Å². The van der Waals surface area contributed by atoms with Gasteiger partial charge in [0.25, 0.3) is 0 Å². The molecule has 0 saturated heterocycles. The number of hydrogen-bond acceptors (Lipinski definition) is 4. The zero-order chi connectivity index (χ0) is 15.7. The van der Waals surface area contributed by atoms with Crippen molar-refractivity contribution < 1.29 is 4.52 Å². The Balaban J connectivity index is 0.00000192. The van der Waals surface area contributed by atoms with Crippen molar-refractivity contribution in [1.82, 2.24) is 10.1 Å². The third-order valence-corrected chi connectivity index (χ3v) is 4.81. The van der Waals surface area contributed by atoms with Gasteiger partial charge in [-0.05, 0) is 42.2 Å². The van der Waals surface area contributed by atoms with Crippen LogP contribution in [0.25, 0.3) is 0 Å². The molecule has 5 heteroatoms. The van der Waals surface area contributed by atoms with Gasteiger partial charge in [-0.1, -0.05) is 50.2 Å². The number of hydrogen-bond donors (Lipinski definition) is 1. The molecule has 1 aromatic heterocycles. The second kappa shape index (κ2) is 7.02. The van der Waals surface area contributed by atoms with Crippen molar-refractivity contribution in [3.05, 3.63) is 47.1 Å². The van der Waals surface area contributed by atoms with Crippen LogP contribution in [0.3, 0.4) is 0 Å². The number of nitrogens with zero attached hydrogens (tertiary/aromatic N) is 2. The Labute approximate surface area is 144 Å². The van der Waals surface area contributed by atoms with Crippen LogP contribution >= 0.6 is 12.4 Å². The lowest BCUT2D eigenvalue weighted by Gasteiger charge is -2.34. The molecule has 23 heavy (non-hydrogen) atoms. The van der Waals surface area contributed by atoms with Gasteiger partial charge in [0.2, 0.25) is 5.89 Å². The molecule has 0 amide bonds. The highest BCUT2D eigenvalue weighted by atomic mass is 35.5. The van der Waals surface area contributed by atoms with Gasteiger partial charge in [-0.25, -0.2) is 0 Å². The molecule has 3 rings (SSSR count). The van der Waals surface area contributed by atoms with Gasteiger partial charge in [0.15, 0.2) is 5.82 Å². The summed E-state index contributed by atoms with van der Waals surface area (Å²) >= 11 is 0. The molecule has 0 spiro atoms. The van der Waals surface area contributed by atoms with Gasteiger partial charge >= 0.3 is 0 Å². The molecule has 1 aliphatic carbocycles. The molecule has 0 bridgehead atoms. The third-order valence-electron chi connectivity index (χ3n) is 4.81. The minimum absolute atomic E-state index is 0. The first-order chi connectivity index (χ1) is 10.5. The van der Waals surface area contributed by atoms with Gasteiger partial charge in [-0.3, -0.25) is 0 Å². The van der Waals surface area contributed by atoms with E-state index in [-0.39, 0.29) is 17.9 Å². The largest absolute Gasteiger partial charge is 0.339 e. The number of benzene rings is 1. The summed E-state index contributed by atoms with van der Waals surface area (Å²) in [5.74, 6) is 2.28. The predicted octanol–water partition coefficient (Wildman–Crippen LogP) is 4.30. The Morgan fingerprint density at radius 3 is 2.26 bits per heavy atom. The molecule has 0 radical (unpaired) electrons. The molecule has 0 aliphatic heterocycles. The Bertz CT molecular complexity index is 632. The second-order valence-corrected chi connectivity index (χ2v) is 6.95. The third kappa shape index (κ3) is 3.75. The van der Waals surface area contributed by atoms with E-state index in [1.807, 2.05) is 0 Å². The van der Waals surface area contributed by atoms with Crippen LogP contribution in [-0.4, -0.2) is 10.1 Å². The summed E-state index contributed by atoms with van der Waals surface area (Å²) in [6, 6.07) is 8.82. The smallest absolute Gasteiger partial charge is 0.227 e. The number of halogens is 1. The molecule has 1 heterocycles. The van der Waals surface area contributed by atoms with Gasteiger partial charge in [0.05, 0.1) is 5.54 Å². The molecule has 1 saturated carbocycles. The lowest BCUT2D eigenvalue weighted by molar-refractivity contribution is 0.229. The molecular formula is C18H26ClN3O. The molecule has 1 aliphatic rings. The molecule has 2 aromatic rings. The maximum absolute atomic E-state index is 6.24. The topological polar surface area (TPSA) is 64.9 Å². The first-order valence-electron chi connectivity index (χ1n) is 8.20. The molecule has 2 N–H and O–H groups in total. The molecule has 1 unspecified atom stereocenters. The number of aromatic nitrogens is 2. The predicted molar refractivity (Wildman–Crippen MR) is 93.9 cm³/mol. The van der Waals surface area contributed by atoms with Crippen LogP contribution in [0, 0.1) is 0 Å². The van der Waals surface area contributed by atoms with Crippen molar-refractivity contribution in [2.45, 2.75) is 63.8 Å². The summed E-state index contributed by atoms with van der Waals surface area (Å²) in [5.41, 5.74) is 8.56. The number of nitrogens with two attached hydrogens (primary N) is 1. The quantitative estimate of drug-likeness (QED) is 0.884. The van der Waals surface area contributed by atoms with Crippen molar-refractivity contribution in [1.29, 1.82) is 0 Å². The molecule has 1 fully saturated rings. The normalized spacial score (nSPS) is 17.4. The van der Waals surface area contributed by atoms with Crippen LogP contribution in [0.15, 0.2) is 28.8 Å². The zero-order valence-corrected chi connectivity index (χ0v) is 14.9. The molecular weight excluding hydrogens is 310 g/mol. The Morgan fingerprint density at radius 2 is 1.74 bits per heavy atom. The van der Waals surface area contributed by atoms with Crippen molar-refractivity contribution >= 4 is 12.4 Å². The van der Waals surface area contributed by atoms with E-state index in [1.165, 1.54) is 11.1 Å². The second-order valence-electron chi connectivity index (χ2n) is 6.95. The highest BCUT2D eigenvalue weighted by Gasteiger charge is 2.39. The van der Waals surface area contributed by atoms with E-state index in [9.17, 15) is 0 Å². The van der Waals surface area contributed by atoms with Gasteiger partial charge in [0, 0.05) is 6.42 Å². The van der Waals surface area contributed by atoms with Crippen LogP contribution < -0.4 is 5.73 Å². The molecule has 126 valence electrons. The van der Waals surface area contributed by atoms with Gasteiger partial charge < -0.3 is 10.3 Å². The fraction of sp³-hybridized carbons (Fsp3) is 0.556. The summed E-state index contributed by atoms with van der Waals surface area (Å²) < 4.78 is 5.40.